The Kier molecular flexibility index (Phi) is 2.56. The number of anilines is 1. The summed E-state index contributed by atoms with van der Waals surface area (Å²) in [5, 5.41) is 11.7. The zero-order valence-electron chi connectivity index (χ0n) is 8.16. The van der Waals surface area contributed by atoms with Crippen LogP contribution in [0.2, 0.25) is 0 Å². The molecular weight excluding hydrogens is 211 g/mol. The summed E-state index contributed by atoms with van der Waals surface area (Å²) in [5.41, 5.74) is 0.703. The average Bonchev–Trinajstić information content (AvgIpc) is 2.67. The molecule has 0 saturated heterocycles. The number of hydrogen-bond acceptors (Lipinski definition) is 3. The lowest BCUT2D eigenvalue weighted by Gasteiger charge is -1.99. The van der Waals surface area contributed by atoms with Crippen molar-refractivity contribution in [2.45, 2.75) is 0 Å². The molecule has 0 spiro atoms. The SMILES string of the molecule is N#Cc1oc2ccccc2c1NC(=O)CF. The molecule has 1 amide bonds. The molecule has 0 atom stereocenters. The molecule has 5 heteroatoms. The highest BCUT2D eigenvalue weighted by atomic mass is 19.1. The summed E-state index contributed by atoms with van der Waals surface area (Å²) >= 11 is 0. The number of halogens is 1. The lowest BCUT2D eigenvalue weighted by atomic mass is 10.2. The van der Waals surface area contributed by atoms with E-state index in [0.29, 0.717) is 11.0 Å². The largest absolute Gasteiger partial charge is 0.443 e. The van der Waals surface area contributed by atoms with E-state index in [-0.39, 0.29) is 11.4 Å². The number of fused-ring (bicyclic) bond motifs is 1. The van der Waals surface area contributed by atoms with E-state index in [1.807, 2.05) is 6.07 Å². The first-order valence-corrected chi connectivity index (χ1v) is 4.53. The van der Waals surface area contributed by atoms with E-state index in [1.165, 1.54) is 0 Å². The molecule has 0 unspecified atom stereocenters. The minimum absolute atomic E-state index is 0.0250. The van der Waals surface area contributed by atoms with Crippen molar-refractivity contribution in [3.05, 3.63) is 30.0 Å². The monoisotopic (exact) mass is 218 g/mol. The zero-order valence-corrected chi connectivity index (χ0v) is 8.16. The van der Waals surface area contributed by atoms with Crippen molar-refractivity contribution in [1.29, 1.82) is 5.26 Å². The Balaban J connectivity index is 2.57. The molecular formula is C11H7FN2O2. The van der Waals surface area contributed by atoms with Crippen molar-refractivity contribution in [3.63, 3.8) is 0 Å². The van der Waals surface area contributed by atoms with Crippen molar-refractivity contribution in [1.82, 2.24) is 0 Å². The normalized spacial score (nSPS) is 10.0. The van der Waals surface area contributed by atoms with Gasteiger partial charge in [-0.1, -0.05) is 12.1 Å². The number of nitrogens with zero attached hydrogens (tertiary/aromatic N) is 1. The number of benzene rings is 1. The fourth-order valence-corrected chi connectivity index (χ4v) is 1.42. The van der Waals surface area contributed by atoms with Gasteiger partial charge in [-0.2, -0.15) is 5.26 Å². The minimum atomic E-state index is -1.13. The number of amides is 1. The molecule has 1 aromatic carbocycles. The fourth-order valence-electron chi connectivity index (χ4n) is 1.42. The Bertz CT molecular complexity index is 583. The lowest BCUT2D eigenvalue weighted by Crippen LogP contribution is -2.13. The van der Waals surface area contributed by atoms with E-state index < -0.39 is 12.6 Å². The molecule has 0 aliphatic carbocycles. The van der Waals surface area contributed by atoms with Gasteiger partial charge < -0.3 is 9.73 Å². The molecule has 4 nitrogen and oxygen atoms in total. The molecule has 0 aliphatic rings. The number of hydrogen-bond donors (Lipinski definition) is 1. The molecule has 0 saturated carbocycles. The lowest BCUT2D eigenvalue weighted by molar-refractivity contribution is -0.117. The Morgan fingerprint density at radius 1 is 1.50 bits per heavy atom. The van der Waals surface area contributed by atoms with Crippen molar-refractivity contribution in [2.24, 2.45) is 0 Å². The maximum atomic E-state index is 12.1. The highest BCUT2D eigenvalue weighted by molar-refractivity contribution is 6.03. The summed E-state index contributed by atoms with van der Waals surface area (Å²) in [7, 11) is 0. The second-order valence-corrected chi connectivity index (χ2v) is 3.10. The van der Waals surface area contributed by atoms with Crippen LogP contribution >= 0.6 is 0 Å². The predicted octanol–water partition coefficient (Wildman–Crippen LogP) is 2.21. The fraction of sp³-hybridized carbons (Fsp3) is 0.0909. The molecule has 1 aromatic heterocycles. The Morgan fingerprint density at radius 2 is 2.25 bits per heavy atom. The smallest absolute Gasteiger partial charge is 0.255 e. The van der Waals surface area contributed by atoms with Gasteiger partial charge in [0.05, 0.1) is 0 Å². The Labute approximate surface area is 90.3 Å². The van der Waals surface area contributed by atoms with Gasteiger partial charge in [0.15, 0.2) is 6.67 Å². The molecule has 16 heavy (non-hydrogen) atoms. The topological polar surface area (TPSA) is 66.0 Å². The van der Waals surface area contributed by atoms with Crippen LogP contribution in [0.5, 0.6) is 0 Å². The summed E-state index contributed by atoms with van der Waals surface area (Å²) in [6.45, 7) is -1.13. The van der Waals surface area contributed by atoms with Crippen LogP contribution in [0.4, 0.5) is 10.1 Å². The van der Waals surface area contributed by atoms with Gasteiger partial charge in [0.2, 0.25) is 5.76 Å². The highest BCUT2D eigenvalue weighted by Gasteiger charge is 2.15. The van der Waals surface area contributed by atoms with Crippen LogP contribution in [0.3, 0.4) is 0 Å². The molecule has 0 bridgehead atoms. The first-order valence-electron chi connectivity index (χ1n) is 4.53. The van der Waals surface area contributed by atoms with Crippen LogP contribution in [0.15, 0.2) is 28.7 Å². The molecule has 2 rings (SSSR count). The van der Waals surface area contributed by atoms with Crippen molar-refractivity contribution < 1.29 is 13.6 Å². The van der Waals surface area contributed by atoms with E-state index in [1.54, 1.807) is 24.3 Å². The summed E-state index contributed by atoms with van der Waals surface area (Å²) < 4.78 is 17.3. The Hall–Kier alpha value is -2.35. The van der Waals surface area contributed by atoms with Crippen molar-refractivity contribution >= 4 is 22.6 Å². The van der Waals surface area contributed by atoms with Crippen LogP contribution in [-0.4, -0.2) is 12.6 Å². The first-order chi connectivity index (χ1) is 7.76. The van der Waals surface area contributed by atoms with Gasteiger partial charge in [0.25, 0.3) is 5.91 Å². The van der Waals surface area contributed by atoms with Gasteiger partial charge in [-0.3, -0.25) is 4.79 Å². The molecule has 0 fully saturated rings. The number of rotatable bonds is 2. The summed E-state index contributed by atoms with van der Waals surface area (Å²) in [5.74, 6) is -0.828. The molecule has 1 heterocycles. The van der Waals surface area contributed by atoms with Gasteiger partial charge in [0, 0.05) is 5.39 Å². The van der Waals surface area contributed by atoms with E-state index in [2.05, 4.69) is 5.32 Å². The summed E-state index contributed by atoms with van der Waals surface area (Å²) in [4.78, 5) is 11.0. The number of carbonyl (C=O) groups is 1. The molecule has 2 aromatic rings. The third kappa shape index (κ3) is 1.61. The number of carbonyl (C=O) groups excluding carboxylic acids is 1. The molecule has 0 radical (unpaired) electrons. The van der Waals surface area contributed by atoms with Crippen LogP contribution in [0.1, 0.15) is 5.76 Å². The van der Waals surface area contributed by atoms with Gasteiger partial charge in [-0.25, -0.2) is 4.39 Å². The van der Waals surface area contributed by atoms with Gasteiger partial charge in [-0.15, -0.1) is 0 Å². The summed E-state index contributed by atoms with van der Waals surface area (Å²) in [6, 6.07) is 8.65. The van der Waals surface area contributed by atoms with E-state index in [4.69, 9.17) is 9.68 Å². The maximum absolute atomic E-state index is 12.1. The third-order valence-electron chi connectivity index (χ3n) is 2.08. The van der Waals surface area contributed by atoms with Crippen molar-refractivity contribution in [2.75, 3.05) is 12.0 Å². The average molecular weight is 218 g/mol. The third-order valence-corrected chi connectivity index (χ3v) is 2.08. The number of para-hydroxylation sites is 1. The highest BCUT2D eigenvalue weighted by Crippen LogP contribution is 2.29. The number of nitriles is 1. The standard InChI is InChI=1S/C11H7FN2O2/c12-5-10(15)14-11-7-3-1-2-4-8(7)16-9(11)6-13/h1-4H,5H2,(H,14,15). The molecule has 1 N–H and O–H groups in total. The summed E-state index contributed by atoms with van der Waals surface area (Å²) in [6.07, 6.45) is 0. The predicted molar refractivity (Wildman–Crippen MR) is 55.5 cm³/mol. The van der Waals surface area contributed by atoms with E-state index >= 15 is 0 Å². The second kappa shape index (κ2) is 4.03. The van der Waals surface area contributed by atoms with Crippen LogP contribution in [-0.2, 0) is 4.79 Å². The van der Waals surface area contributed by atoms with E-state index in [0.717, 1.165) is 0 Å². The second-order valence-electron chi connectivity index (χ2n) is 3.10. The first kappa shape index (κ1) is 10.2. The number of nitrogens with one attached hydrogen (secondary N) is 1. The maximum Gasteiger partial charge on any atom is 0.255 e. The minimum Gasteiger partial charge on any atom is -0.443 e. The number of alkyl halides is 1. The molecule has 80 valence electrons. The van der Waals surface area contributed by atoms with Gasteiger partial charge >= 0.3 is 0 Å². The van der Waals surface area contributed by atoms with Gasteiger partial charge in [0.1, 0.15) is 17.3 Å². The van der Waals surface area contributed by atoms with E-state index in [9.17, 15) is 9.18 Å². The van der Waals surface area contributed by atoms with Crippen LogP contribution in [0.25, 0.3) is 11.0 Å². The van der Waals surface area contributed by atoms with Crippen molar-refractivity contribution in [3.8, 4) is 6.07 Å². The zero-order chi connectivity index (χ0) is 11.5. The van der Waals surface area contributed by atoms with Crippen LogP contribution < -0.4 is 5.32 Å². The molecule has 0 aliphatic heterocycles. The quantitative estimate of drug-likeness (QED) is 0.840. The Morgan fingerprint density at radius 3 is 2.94 bits per heavy atom. The van der Waals surface area contributed by atoms with Crippen LogP contribution in [0, 0.1) is 11.3 Å². The number of furan rings is 1. The van der Waals surface area contributed by atoms with Gasteiger partial charge in [-0.05, 0) is 12.1 Å².